The maximum Gasteiger partial charge on any atom is 0.241 e. The summed E-state index contributed by atoms with van der Waals surface area (Å²) in [4.78, 5) is 19.5. The van der Waals surface area contributed by atoms with Crippen LogP contribution in [0.3, 0.4) is 0 Å². The molecule has 1 aromatic heterocycles. The molecule has 30 heavy (non-hydrogen) atoms. The molecule has 156 valence electrons. The number of anilines is 1. The average Bonchev–Trinajstić information content (AvgIpc) is 3.19. The first-order valence-electron chi connectivity index (χ1n) is 9.86. The van der Waals surface area contributed by atoms with Gasteiger partial charge in [-0.25, -0.2) is 0 Å². The Hall–Kier alpha value is -1.97. The van der Waals surface area contributed by atoms with E-state index in [0.29, 0.717) is 29.8 Å². The molecule has 8 heteroatoms. The van der Waals surface area contributed by atoms with Gasteiger partial charge in [0.2, 0.25) is 17.6 Å². The number of nitrogens with zero attached hydrogens (tertiary/aromatic N) is 3. The van der Waals surface area contributed by atoms with Crippen LogP contribution in [0, 0.1) is 16.4 Å². The smallest absolute Gasteiger partial charge is 0.241 e. The van der Waals surface area contributed by atoms with Gasteiger partial charge >= 0.3 is 0 Å². The number of halogens is 2. The fourth-order valence-corrected chi connectivity index (χ4v) is 4.51. The fourth-order valence-electron chi connectivity index (χ4n) is 3.67. The van der Waals surface area contributed by atoms with Crippen molar-refractivity contribution in [2.75, 3.05) is 18.4 Å². The summed E-state index contributed by atoms with van der Waals surface area (Å²) in [7, 11) is 0. The molecule has 1 fully saturated rings. The fraction of sp³-hybridized carbons (Fsp3) is 0.318. The molecule has 1 aliphatic rings. The summed E-state index contributed by atoms with van der Waals surface area (Å²) in [6.45, 7) is 4.11. The highest BCUT2D eigenvalue weighted by molar-refractivity contribution is 14.1. The molecule has 2 heterocycles. The summed E-state index contributed by atoms with van der Waals surface area (Å²) < 4.78 is 6.59. The van der Waals surface area contributed by atoms with Crippen LogP contribution in [0.4, 0.5) is 5.69 Å². The molecule has 2 aromatic carbocycles. The molecule has 0 bridgehead atoms. The first kappa shape index (κ1) is 21.3. The number of likely N-dealkylation sites (tertiary alicyclic amines) is 1. The summed E-state index contributed by atoms with van der Waals surface area (Å²) in [5.74, 6) is 1.06. The van der Waals surface area contributed by atoms with Crippen LogP contribution in [-0.2, 0) is 11.3 Å². The number of hydrogen-bond donors (Lipinski definition) is 1. The lowest BCUT2D eigenvalue weighted by Crippen LogP contribution is -2.40. The number of carbonyl (C=O) groups excluding carboxylic acids is 1. The molecule has 3 aromatic rings. The van der Waals surface area contributed by atoms with Gasteiger partial charge in [-0.05, 0) is 84.8 Å². The molecule has 1 aliphatic heterocycles. The first-order chi connectivity index (χ1) is 14.5. The minimum absolute atomic E-state index is 0.0623. The Balaban J connectivity index is 1.38. The average molecular weight is 537 g/mol. The molecular formula is C22H22ClIN4O2. The molecule has 0 aliphatic carbocycles. The largest absolute Gasteiger partial charge is 0.338 e. The molecule has 0 saturated carbocycles. The van der Waals surface area contributed by atoms with E-state index in [0.717, 1.165) is 39.8 Å². The van der Waals surface area contributed by atoms with Crippen molar-refractivity contribution in [1.29, 1.82) is 0 Å². The Bertz CT molecular complexity index is 1060. The summed E-state index contributed by atoms with van der Waals surface area (Å²) in [6.07, 6.45) is 1.84. The van der Waals surface area contributed by atoms with Gasteiger partial charge in [0.05, 0.1) is 12.5 Å². The van der Waals surface area contributed by atoms with Crippen molar-refractivity contribution in [3.05, 3.63) is 62.5 Å². The standard InChI is InChI=1S/C22H22ClIN4O2/c1-14-10-18(24)7-8-19(14)25-22(29)16-5-3-9-28(12-16)13-20-26-21(27-30-20)15-4-2-6-17(23)11-15/h2,4,6-8,10-11,16H,3,5,9,12-13H2,1H3,(H,25,29). The molecule has 1 atom stereocenters. The van der Waals surface area contributed by atoms with Gasteiger partial charge in [0.1, 0.15) is 0 Å². The number of rotatable bonds is 5. The van der Waals surface area contributed by atoms with Gasteiger partial charge in [0, 0.05) is 26.4 Å². The Labute approximate surface area is 194 Å². The van der Waals surface area contributed by atoms with E-state index in [2.05, 4.69) is 49.0 Å². The van der Waals surface area contributed by atoms with E-state index in [1.165, 1.54) is 0 Å². The Morgan fingerprint density at radius 2 is 2.20 bits per heavy atom. The van der Waals surface area contributed by atoms with Crippen molar-refractivity contribution in [2.45, 2.75) is 26.3 Å². The minimum Gasteiger partial charge on any atom is -0.338 e. The van der Waals surface area contributed by atoms with Gasteiger partial charge in [-0.2, -0.15) is 4.98 Å². The number of piperidine rings is 1. The van der Waals surface area contributed by atoms with Gasteiger partial charge in [-0.3, -0.25) is 9.69 Å². The maximum atomic E-state index is 12.8. The van der Waals surface area contributed by atoms with E-state index < -0.39 is 0 Å². The monoisotopic (exact) mass is 536 g/mol. The number of amides is 1. The van der Waals surface area contributed by atoms with Crippen LogP contribution in [0.1, 0.15) is 24.3 Å². The van der Waals surface area contributed by atoms with Gasteiger partial charge in [-0.1, -0.05) is 28.9 Å². The minimum atomic E-state index is -0.0623. The highest BCUT2D eigenvalue weighted by Gasteiger charge is 2.27. The Morgan fingerprint density at radius 1 is 1.33 bits per heavy atom. The predicted octanol–water partition coefficient (Wildman–Crippen LogP) is 5.15. The van der Waals surface area contributed by atoms with E-state index in [1.807, 2.05) is 43.3 Å². The van der Waals surface area contributed by atoms with Crippen molar-refractivity contribution >= 4 is 45.8 Å². The van der Waals surface area contributed by atoms with Crippen molar-refractivity contribution < 1.29 is 9.32 Å². The third kappa shape index (κ3) is 5.19. The van der Waals surface area contributed by atoms with Crippen LogP contribution in [0.5, 0.6) is 0 Å². The normalized spacial score (nSPS) is 17.1. The lowest BCUT2D eigenvalue weighted by molar-refractivity contribution is -0.121. The lowest BCUT2D eigenvalue weighted by atomic mass is 9.97. The molecule has 1 amide bonds. The van der Waals surface area contributed by atoms with Crippen LogP contribution in [0.25, 0.3) is 11.4 Å². The molecule has 6 nitrogen and oxygen atoms in total. The van der Waals surface area contributed by atoms with E-state index >= 15 is 0 Å². The summed E-state index contributed by atoms with van der Waals surface area (Å²) in [5.41, 5.74) is 2.77. The summed E-state index contributed by atoms with van der Waals surface area (Å²) in [5, 5.41) is 7.79. The summed E-state index contributed by atoms with van der Waals surface area (Å²) in [6, 6.07) is 13.4. The van der Waals surface area contributed by atoms with Crippen LogP contribution < -0.4 is 5.32 Å². The number of carbonyl (C=O) groups is 1. The van der Waals surface area contributed by atoms with Crippen LogP contribution in [0.2, 0.25) is 5.02 Å². The highest BCUT2D eigenvalue weighted by atomic mass is 127. The quantitative estimate of drug-likeness (QED) is 0.457. The van der Waals surface area contributed by atoms with E-state index in [9.17, 15) is 4.79 Å². The molecule has 1 saturated heterocycles. The topological polar surface area (TPSA) is 71.3 Å². The predicted molar refractivity (Wildman–Crippen MR) is 125 cm³/mol. The van der Waals surface area contributed by atoms with Crippen molar-refractivity contribution in [2.24, 2.45) is 5.92 Å². The van der Waals surface area contributed by atoms with Crippen LogP contribution in [-0.4, -0.2) is 34.0 Å². The van der Waals surface area contributed by atoms with Crippen LogP contribution in [0.15, 0.2) is 47.0 Å². The zero-order valence-electron chi connectivity index (χ0n) is 16.6. The number of aromatic nitrogens is 2. The number of hydrogen-bond acceptors (Lipinski definition) is 5. The van der Waals surface area contributed by atoms with E-state index in [4.69, 9.17) is 16.1 Å². The third-order valence-electron chi connectivity index (χ3n) is 5.23. The molecule has 0 radical (unpaired) electrons. The number of aryl methyl sites for hydroxylation is 1. The third-order valence-corrected chi connectivity index (χ3v) is 6.14. The SMILES string of the molecule is Cc1cc(I)ccc1NC(=O)C1CCCN(Cc2nc(-c3cccc(Cl)c3)no2)C1. The molecular weight excluding hydrogens is 515 g/mol. The maximum absolute atomic E-state index is 12.8. The van der Waals surface area contributed by atoms with Gasteiger partial charge in [0.25, 0.3) is 0 Å². The van der Waals surface area contributed by atoms with Gasteiger partial charge < -0.3 is 9.84 Å². The van der Waals surface area contributed by atoms with Crippen molar-refractivity contribution in [1.82, 2.24) is 15.0 Å². The molecule has 4 rings (SSSR count). The van der Waals surface area contributed by atoms with Gasteiger partial charge in [-0.15, -0.1) is 0 Å². The molecule has 0 spiro atoms. The zero-order chi connectivity index (χ0) is 21.1. The highest BCUT2D eigenvalue weighted by Crippen LogP contribution is 2.24. The van der Waals surface area contributed by atoms with E-state index in [-0.39, 0.29) is 11.8 Å². The van der Waals surface area contributed by atoms with E-state index in [1.54, 1.807) is 0 Å². The van der Waals surface area contributed by atoms with Crippen molar-refractivity contribution in [3.8, 4) is 11.4 Å². The Kier molecular flexibility index (Phi) is 6.70. The second-order valence-corrected chi connectivity index (χ2v) is 9.23. The second kappa shape index (κ2) is 9.45. The number of nitrogens with one attached hydrogen (secondary N) is 1. The zero-order valence-corrected chi connectivity index (χ0v) is 19.5. The molecule has 1 unspecified atom stereocenters. The van der Waals surface area contributed by atoms with Crippen molar-refractivity contribution in [3.63, 3.8) is 0 Å². The summed E-state index contributed by atoms with van der Waals surface area (Å²) >= 11 is 8.32. The molecule has 1 N–H and O–H groups in total. The number of benzene rings is 2. The van der Waals surface area contributed by atoms with Crippen LogP contribution >= 0.6 is 34.2 Å². The first-order valence-corrected chi connectivity index (χ1v) is 11.3. The lowest BCUT2D eigenvalue weighted by Gasteiger charge is -2.31. The van der Waals surface area contributed by atoms with Gasteiger partial charge in [0.15, 0.2) is 0 Å². The Morgan fingerprint density at radius 3 is 3.00 bits per heavy atom. The second-order valence-electron chi connectivity index (χ2n) is 7.54.